The highest BCUT2D eigenvalue weighted by atomic mass is 19.1. The number of hydrogen-bond donors (Lipinski definition) is 0. The molecular weight excluding hydrogens is 473 g/mol. The number of carbonyl (C=O) groups is 1. The molecule has 0 saturated carbocycles. The van der Waals surface area contributed by atoms with Gasteiger partial charge in [0.05, 0.1) is 43.7 Å². The second-order valence-corrected chi connectivity index (χ2v) is 10.0. The molecule has 4 rings (SSSR count). The van der Waals surface area contributed by atoms with Gasteiger partial charge in [-0.05, 0) is 62.1 Å². The van der Waals surface area contributed by atoms with Gasteiger partial charge in [0.25, 0.3) is 6.36 Å². The standard InChI is InChI=1S/C29H32FN3O4/c1-6-26(30)37-25-12-19(22-14-32-27-13-21(9-10-33(22)27)29(3,4)17-31)11-24(35-5)28(25)23(34)8-7-18(2)20-15-36-16-20/h6,9-14,18,20,26H,1,7-8,15-16H2,2-5H3. The number of halogens is 1. The number of carbonyl (C=O) groups excluding carboxylic acids is 1. The van der Waals surface area contributed by atoms with Gasteiger partial charge in [-0.1, -0.05) is 13.5 Å². The lowest BCUT2D eigenvalue weighted by Gasteiger charge is -2.31. The first-order valence-electron chi connectivity index (χ1n) is 12.3. The molecule has 1 aliphatic rings. The Morgan fingerprint density at radius 1 is 1.38 bits per heavy atom. The Bertz CT molecular complexity index is 1350. The summed E-state index contributed by atoms with van der Waals surface area (Å²) in [7, 11) is 1.47. The first-order chi connectivity index (χ1) is 17.7. The third-order valence-corrected chi connectivity index (χ3v) is 7.10. The number of fused-ring (bicyclic) bond motifs is 1. The number of aromatic nitrogens is 2. The summed E-state index contributed by atoms with van der Waals surface area (Å²) in [5, 5.41) is 9.49. The molecule has 1 aliphatic heterocycles. The molecular formula is C29H32FN3O4. The van der Waals surface area contributed by atoms with Crippen molar-refractivity contribution in [1.29, 1.82) is 5.26 Å². The summed E-state index contributed by atoms with van der Waals surface area (Å²) >= 11 is 0. The van der Waals surface area contributed by atoms with E-state index < -0.39 is 11.8 Å². The van der Waals surface area contributed by atoms with E-state index in [1.54, 1.807) is 18.3 Å². The van der Waals surface area contributed by atoms with Crippen LogP contribution in [-0.4, -0.2) is 41.8 Å². The predicted molar refractivity (Wildman–Crippen MR) is 139 cm³/mol. The number of ketones is 1. The maximum absolute atomic E-state index is 14.3. The first-order valence-corrected chi connectivity index (χ1v) is 12.3. The van der Waals surface area contributed by atoms with Gasteiger partial charge in [0.1, 0.15) is 22.7 Å². The number of ether oxygens (including phenoxy) is 3. The van der Waals surface area contributed by atoms with Crippen molar-refractivity contribution in [1.82, 2.24) is 9.38 Å². The molecule has 2 aromatic heterocycles. The third-order valence-electron chi connectivity index (χ3n) is 7.10. The number of rotatable bonds is 11. The average Bonchev–Trinajstić information content (AvgIpc) is 3.29. The van der Waals surface area contributed by atoms with Gasteiger partial charge in [0, 0.05) is 24.1 Å². The van der Waals surface area contributed by atoms with Crippen LogP contribution >= 0.6 is 0 Å². The largest absolute Gasteiger partial charge is 0.496 e. The molecule has 8 heteroatoms. The van der Waals surface area contributed by atoms with Gasteiger partial charge >= 0.3 is 0 Å². The molecule has 3 heterocycles. The van der Waals surface area contributed by atoms with Crippen molar-refractivity contribution < 1.29 is 23.4 Å². The minimum Gasteiger partial charge on any atom is -0.496 e. The van der Waals surface area contributed by atoms with E-state index in [4.69, 9.17) is 14.2 Å². The molecule has 1 fully saturated rings. The van der Waals surface area contributed by atoms with E-state index in [0.717, 1.165) is 24.9 Å². The van der Waals surface area contributed by atoms with Crippen molar-refractivity contribution in [2.75, 3.05) is 20.3 Å². The number of imidazole rings is 1. The van der Waals surface area contributed by atoms with E-state index in [2.05, 4.69) is 24.6 Å². The number of nitrogens with zero attached hydrogens (tertiary/aromatic N) is 3. The number of hydrogen-bond acceptors (Lipinski definition) is 6. The number of nitriles is 1. The Kier molecular flexibility index (Phi) is 7.65. The van der Waals surface area contributed by atoms with Gasteiger partial charge in [-0.15, -0.1) is 0 Å². The molecule has 0 amide bonds. The summed E-state index contributed by atoms with van der Waals surface area (Å²) in [6.45, 7) is 10.7. The highest BCUT2D eigenvalue weighted by molar-refractivity contribution is 6.02. The molecule has 7 nitrogen and oxygen atoms in total. The fraction of sp³-hybridized carbons (Fsp3) is 0.414. The summed E-state index contributed by atoms with van der Waals surface area (Å²) in [5.74, 6) is 0.999. The summed E-state index contributed by atoms with van der Waals surface area (Å²) in [5.41, 5.74) is 2.38. The van der Waals surface area contributed by atoms with Crippen LogP contribution in [0.5, 0.6) is 11.5 Å². The Labute approximate surface area is 216 Å². The molecule has 37 heavy (non-hydrogen) atoms. The maximum Gasteiger partial charge on any atom is 0.257 e. The summed E-state index contributed by atoms with van der Waals surface area (Å²) in [4.78, 5) is 17.8. The van der Waals surface area contributed by atoms with Crippen LogP contribution < -0.4 is 9.47 Å². The highest BCUT2D eigenvalue weighted by Crippen LogP contribution is 2.38. The van der Waals surface area contributed by atoms with Crippen molar-refractivity contribution in [3.8, 4) is 28.8 Å². The molecule has 0 radical (unpaired) electrons. The Balaban J connectivity index is 1.73. The quantitative estimate of drug-likeness (QED) is 0.238. The van der Waals surface area contributed by atoms with Crippen molar-refractivity contribution in [2.24, 2.45) is 11.8 Å². The van der Waals surface area contributed by atoms with Crippen LogP contribution in [0, 0.1) is 23.2 Å². The van der Waals surface area contributed by atoms with Crippen molar-refractivity contribution in [3.63, 3.8) is 0 Å². The van der Waals surface area contributed by atoms with Crippen LogP contribution in [-0.2, 0) is 10.2 Å². The molecule has 1 saturated heterocycles. The minimum atomic E-state index is -1.80. The lowest BCUT2D eigenvalue weighted by Crippen LogP contribution is -2.33. The molecule has 0 bridgehead atoms. The summed E-state index contributed by atoms with van der Waals surface area (Å²) < 4.78 is 32.6. The van der Waals surface area contributed by atoms with E-state index >= 15 is 0 Å². The van der Waals surface area contributed by atoms with E-state index in [0.29, 0.717) is 40.9 Å². The third kappa shape index (κ3) is 5.37. The lowest BCUT2D eigenvalue weighted by molar-refractivity contribution is -0.0584. The number of Topliss-reactive ketones (excluding diaryl/α,β-unsaturated/α-hetero) is 1. The van der Waals surface area contributed by atoms with E-state index in [-0.39, 0.29) is 23.5 Å². The lowest BCUT2D eigenvalue weighted by atomic mass is 9.87. The molecule has 2 unspecified atom stereocenters. The fourth-order valence-electron chi connectivity index (χ4n) is 4.39. The topological polar surface area (TPSA) is 85.9 Å². The molecule has 0 N–H and O–H groups in total. The fourth-order valence-corrected chi connectivity index (χ4v) is 4.39. The Morgan fingerprint density at radius 2 is 2.11 bits per heavy atom. The second-order valence-electron chi connectivity index (χ2n) is 10.0. The van der Waals surface area contributed by atoms with Gasteiger partial charge in [0.2, 0.25) is 0 Å². The van der Waals surface area contributed by atoms with Crippen LogP contribution in [0.2, 0.25) is 0 Å². The van der Waals surface area contributed by atoms with Crippen LogP contribution in [0.25, 0.3) is 16.9 Å². The molecule has 0 spiro atoms. The van der Waals surface area contributed by atoms with E-state index in [1.165, 1.54) is 7.11 Å². The SMILES string of the molecule is C=CC(F)Oc1cc(-c2cnc3cc(C(C)(C)C#N)ccn23)cc(OC)c1C(=O)CCC(C)C1COC1. The van der Waals surface area contributed by atoms with Gasteiger partial charge in [0.15, 0.2) is 5.78 Å². The van der Waals surface area contributed by atoms with Crippen molar-refractivity contribution in [3.05, 3.63) is 60.4 Å². The Morgan fingerprint density at radius 3 is 2.73 bits per heavy atom. The maximum atomic E-state index is 14.3. The summed E-state index contributed by atoms with van der Waals surface area (Å²) in [6, 6.07) is 9.41. The van der Waals surface area contributed by atoms with Crippen molar-refractivity contribution >= 4 is 11.4 Å². The molecule has 0 aliphatic carbocycles. The molecule has 1 aromatic carbocycles. The zero-order chi connectivity index (χ0) is 26.7. The van der Waals surface area contributed by atoms with Gasteiger partial charge in [-0.25, -0.2) is 4.98 Å². The Hall–Kier alpha value is -3.70. The monoisotopic (exact) mass is 505 g/mol. The number of benzene rings is 1. The molecule has 2 atom stereocenters. The number of pyridine rings is 1. The first kappa shape index (κ1) is 26.4. The summed E-state index contributed by atoms with van der Waals surface area (Å²) in [6.07, 6.45) is 3.72. The van der Waals surface area contributed by atoms with Gasteiger partial charge < -0.3 is 14.2 Å². The predicted octanol–water partition coefficient (Wildman–Crippen LogP) is 5.92. The number of methoxy groups -OCH3 is 1. The van der Waals surface area contributed by atoms with E-state index in [9.17, 15) is 14.4 Å². The van der Waals surface area contributed by atoms with Crippen LogP contribution in [0.3, 0.4) is 0 Å². The van der Waals surface area contributed by atoms with Gasteiger partial charge in [-0.2, -0.15) is 9.65 Å². The van der Waals surface area contributed by atoms with Crippen LogP contribution in [0.1, 0.15) is 49.5 Å². The smallest absolute Gasteiger partial charge is 0.257 e. The second kappa shape index (κ2) is 10.7. The normalized spacial score (nSPS) is 15.5. The van der Waals surface area contributed by atoms with Crippen LogP contribution in [0.4, 0.5) is 4.39 Å². The minimum absolute atomic E-state index is 0.0866. The number of alkyl halides is 1. The zero-order valence-corrected chi connectivity index (χ0v) is 21.7. The average molecular weight is 506 g/mol. The highest BCUT2D eigenvalue weighted by Gasteiger charge is 2.28. The van der Waals surface area contributed by atoms with Gasteiger partial charge in [-0.3, -0.25) is 9.20 Å². The van der Waals surface area contributed by atoms with Crippen molar-refractivity contribution in [2.45, 2.75) is 45.4 Å². The molecule has 194 valence electrons. The zero-order valence-electron chi connectivity index (χ0n) is 21.7. The van der Waals surface area contributed by atoms with Crippen LogP contribution in [0.15, 0.2) is 49.3 Å². The molecule has 3 aromatic rings. The van der Waals surface area contributed by atoms with E-state index in [1.807, 2.05) is 36.6 Å².